The van der Waals surface area contributed by atoms with Crippen molar-refractivity contribution in [3.8, 4) is 0 Å². The number of thioether (sulfide) groups is 1. The van der Waals surface area contributed by atoms with Crippen LogP contribution >= 0.6 is 11.8 Å². The average Bonchev–Trinajstić information content (AvgIpc) is 2.79. The van der Waals surface area contributed by atoms with Crippen molar-refractivity contribution in [3.05, 3.63) is 0 Å². The largest absolute Gasteiger partial charge is 0.329 e. The Morgan fingerprint density at radius 3 is 2.82 bits per heavy atom. The van der Waals surface area contributed by atoms with Gasteiger partial charge in [0.2, 0.25) is 0 Å². The third-order valence-electron chi connectivity index (χ3n) is 4.17. The summed E-state index contributed by atoms with van der Waals surface area (Å²) in [4.78, 5) is 2.27. The highest BCUT2D eigenvalue weighted by atomic mass is 32.2. The minimum absolute atomic E-state index is 0.244. The summed E-state index contributed by atoms with van der Waals surface area (Å²) in [5, 5.41) is 0. The number of hydrogen-bond acceptors (Lipinski definition) is 5. The number of rotatable bonds is 3. The molecule has 2 N–H and O–H groups in total. The molecule has 2 unspecified atom stereocenters. The SMILES string of the molecule is CN(C1CCSC1)C1(CN)CCCS(=O)(=O)C1. The lowest BCUT2D eigenvalue weighted by Gasteiger charge is -2.46. The van der Waals surface area contributed by atoms with Crippen molar-refractivity contribution in [2.24, 2.45) is 5.73 Å². The van der Waals surface area contributed by atoms with Crippen LogP contribution in [0, 0.1) is 0 Å². The Bertz CT molecular complexity index is 366. The second kappa shape index (κ2) is 5.07. The summed E-state index contributed by atoms with van der Waals surface area (Å²) in [6.45, 7) is 0.448. The van der Waals surface area contributed by atoms with Crippen LogP contribution in [0.1, 0.15) is 19.3 Å². The molecule has 0 amide bonds. The lowest BCUT2D eigenvalue weighted by atomic mass is 9.92. The highest BCUT2D eigenvalue weighted by Crippen LogP contribution is 2.33. The summed E-state index contributed by atoms with van der Waals surface area (Å²) in [6.07, 6.45) is 2.83. The molecule has 4 nitrogen and oxygen atoms in total. The van der Waals surface area contributed by atoms with Gasteiger partial charge in [0.1, 0.15) is 0 Å². The van der Waals surface area contributed by atoms with Crippen molar-refractivity contribution in [2.75, 3.05) is 36.6 Å². The highest BCUT2D eigenvalue weighted by molar-refractivity contribution is 7.99. The fourth-order valence-corrected chi connectivity index (χ4v) is 6.25. The minimum Gasteiger partial charge on any atom is -0.329 e. The first-order valence-electron chi connectivity index (χ1n) is 6.20. The summed E-state index contributed by atoms with van der Waals surface area (Å²) in [6, 6.07) is 0.497. The molecule has 2 heterocycles. The lowest BCUT2D eigenvalue weighted by molar-refractivity contribution is 0.0936. The maximum absolute atomic E-state index is 11.9. The van der Waals surface area contributed by atoms with Crippen molar-refractivity contribution < 1.29 is 8.42 Å². The molecular weight excluding hydrogens is 256 g/mol. The van der Waals surface area contributed by atoms with E-state index in [1.807, 2.05) is 11.8 Å². The van der Waals surface area contributed by atoms with E-state index in [-0.39, 0.29) is 11.3 Å². The molecule has 2 fully saturated rings. The Morgan fingerprint density at radius 1 is 1.53 bits per heavy atom. The van der Waals surface area contributed by atoms with Crippen LogP contribution in [0.4, 0.5) is 0 Å². The second-order valence-corrected chi connectivity index (χ2v) is 8.59. The molecule has 6 heteroatoms. The van der Waals surface area contributed by atoms with Crippen LogP contribution in [0.2, 0.25) is 0 Å². The molecule has 2 saturated heterocycles. The van der Waals surface area contributed by atoms with Crippen molar-refractivity contribution in [1.82, 2.24) is 4.90 Å². The monoisotopic (exact) mass is 278 g/mol. The molecular formula is C11H22N2O2S2. The van der Waals surface area contributed by atoms with E-state index in [0.717, 1.165) is 25.0 Å². The van der Waals surface area contributed by atoms with Gasteiger partial charge in [-0.05, 0) is 32.1 Å². The topological polar surface area (TPSA) is 63.4 Å². The van der Waals surface area contributed by atoms with Gasteiger partial charge in [0, 0.05) is 23.9 Å². The second-order valence-electron chi connectivity index (χ2n) is 5.25. The Labute approximate surface area is 108 Å². The summed E-state index contributed by atoms with van der Waals surface area (Å²) in [5.74, 6) is 2.87. The first-order valence-corrected chi connectivity index (χ1v) is 9.18. The molecule has 0 saturated carbocycles. The Morgan fingerprint density at radius 2 is 2.29 bits per heavy atom. The van der Waals surface area contributed by atoms with E-state index < -0.39 is 9.84 Å². The first kappa shape index (κ1) is 13.6. The average molecular weight is 278 g/mol. The van der Waals surface area contributed by atoms with Crippen LogP contribution in [0.15, 0.2) is 0 Å². The molecule has 0 aromatic heterocycles. The van der Waals surface area contributed by atoms with Gasteiger partial charge in [0.25, 0.3) is 0 Å². The van der Waals surface area contributed by atoms with Crippen molar-refractivity contribution in [1.29, 1.82) is 0 Å². The van der Waals surface area contributed by atoms with Crippen LogP contribution in [-0.4, -0.2) is 61.5 Å². The van der Waals surface area contributed by atoms with E-state index >= 15 is 0 Å². The molecule has 0 aromatic rings. The van der Waals surface area contributed by atoms with Crippen molar-refractivity contribution in [2.45, 2.75) is 30.8 Å². The molecule has 0 aromatic carbocycles. The van der Waals surface area contributed by atoms with Crippen LogP contribution in [-0.2, 0) is 9.84 Å². The summed E-state index contributed by atoms with van der Waals surface area (Å²) >= 11 is 1.95. The smallest absolute Gasteiger partial charge is 0.152 e. The van der Waals surface area contributed by atoms with E-state index in [1.54, 1.807) is 0 Å². The lowest BCUT2D eigenvalue weighted by Crippen LogP contribution is -2.61. The van der Waals surface area contributed by atoms with Gasteiger partial charge in [-0.15, -0.1) is 0 Å². The molecule has 2 rings (SSSR count). The first-order chi connectivity index (χ1) is 7.99. The molecule has 17 heavy (non-hydrogen) atoms. The molecule has 2 aliphatic rings. The zero-order chi connectivity index (χ0) is 12.5. The number of hydrogen-bond donors (Lipinski definition) is 1. The fourth-order valence-electron chi connectivity index (χ4n) is 2.97. The fraction of sp³-hybridized carbons (Fsp3) is 1.00. The maximum atomic E-state index is 11.9. The summed E-state index contributed by atoms with van der Waals surface area (Å²) in [7, 11) is -0.846. The maximum Gasteiger partial charge on any atom is 0.152 e. The van der Waals surface area contributed by atoms with Crippen molar-refractivity contribution in [3.63, 3.8) is 0 Å². The normalized spacial score (nSPS) is 37.5. The van der Waals surface area contributed by atoms with E-state index in [0.29, 0.717) is 18.3 Å². The molecule has 0 radical (unpaired) electrons. The number of nitrogens with two attached hydrogens (primary N) is 1. The van der Waals surface area contributed by atoms with Gasteiger partial charge in [0.15, 0.2) is 9.84 Å². The highest BCUT2D eigenvalue weighted by Gasteiger charge is 2.43. The Kier molecular flexibility index (Phi) is 4.07. The van der Waals surface area contributed by atoms with Gasteiger partial charge in [-0.2, -0.15) is 11.8 Å². The third-order valence-corrected chi connectivity index (χ3v) is 7.20. The van der Waals surface area contributed by atoms with E-state index in [4.69, 9.17) is 5.73 Å². The zero-order valence-corrected chi connectivity index (χ0v) is 12.0. The summed E-state index contributed by atoms with van der Waals surface area (Å²) in [5.41, 5.74) is 5.60. The predicted octanol–water partition coefficient (Wildman–Crippen LogP) is 0.330. The van der Waals surface area contributed by atoms with Gasteiger partial charge in [-0.1, -0.05) is 0 Å². The van der Waals surface area contributed by atoms with Gasteiger partial charge >= 0.3 is 0 Å². The van der Waals surface area contributed by atoms with E-state index in [9.17, 15) is 8.42 Å². The Hall–Kier alpha value is 0.220. The number of likely N-dealkylation sites (N-methyl/N-ethyl adjacent to an activating group) is 1. The standard InChI is InChI=1S/C11H22N2O2S2/c1-13(10-3-5-16-7-10)11(8-12)4-2-6-17(14,15)9-11/h10H,2-9,12H2,1H3. The van der Waals surface area contributed by atoms with Gasteiger partial charge in [-0.3, -0.25) is 4.90 Å². The van der Waals surface area contributed by atoms with Gasteiger partial charge in [0.05, 0.1) is 11.5 Å². The zero-order valence-electron chi connectivity index (χ0n) is 10.4. The molecule has 100 valence electrons. The minimum atomic E-state index is -2.91. The van der Waals surface area contributed by atoms with Gasteiger partial charge < -0.3 is 5.73 Å². The van der Waals surface area contributed by atoms with Crippen LogP contribution in [0.25, 0.3) is 0 Å². The van der Waals surface area contributed by atoms with E-state index in [1.165, 1.54) is 5.75 Å². The quantitative estimate of drug-likeness (QED) is 0.806. The molecule has 2 atom stereocenters. The molecule has 0 bridgehead atoms. The number of sulfone groups is 1. The van der Waals surface area contributed by atoms with E-state index in [2.05, 4.69) is 11.9 Å². The van der Waals surface area contributed by atoms with Crippen LogP contribution in [0.3, 0.4) is 0 Å². The summed E-state index contributed by atoms with van der Waals surface area (Å²) < 4.78 is 23.7. The molecule has 0 aliphatic carbocycles. The van der Waals surface area contributed by atoms with Crippen molar-refractivity contribution >= 4 is 21.6 Å². The number of nitrogens with zero attached hydrogens (tertiary/aromatic N) is 1. The van der Waals surface area contributed by atoms with Gasteiger partial charge in [-0.25, -0.2) is 8.42 Å². The Balaban J connectivity index is 2.17. The van der Waals surface area contributed by atoms with Crippen LogP contribution < -0.4 is 5.73 Å². The van der Waals surface area contributed by atoms with Crippen LogP contribution in [0.5, 0.6) is 0 Å². The molecule has 2 aliphatic heterocycles. The predicted molar refractivity (Wildman–Crippen MR) is 73.2 cm³/mol. The molecule has 0 spiro atoms. The third kappa shape index (κ3) is 2.80.